The summed E-state index contributed by atoms with van der Waals surface area (Å²) in [7, 11) is 0. The van der Waals surface area contributed by atoms with Gasteiger partial charge in [0.05, 0.1) is 6.54 Å². The van der Waals surface area contributed by atoms with Crippen LogP contribution in [0, 0.1) is 0 Å². The molecule has 19 heteroatoms. The molecular weight excluding hydrogens is 648 g/mol. The third-order valence-electron chi connectivity index (χ3n) is 7.04. The summed E-state index contributed by atoms with van der Waals surface area (Å²) in [4.78, 5) is 36.4. The fourth-order valence-corrected chi connectivity index (χ4v) is 5.01. The zero-order valence-corrected chi connectivity index (χ0v) is 24.9. The minimum atomic E-state index is -5.06. The number of aromatic nitrogens is 7. The van der Waals surface area contributed by atoms with Gasteiger partial charge >= 0.3 is 18.0 Å². The lowest BCUT2D eigenvalue weighted by atomic mass is 10.0. The Morgan fingerprint density at radius 1 is 1.11 bits per heavy atom. The number of hydrogen-bond acceptors (Lipinski definition) is 8. The fourth-order valence-electron chi connectivity index (χ4n) is 4.88. The monoisotopic (exact) mass is 673 g/mol. The number of carbonyl (C=O) groups is 1. The molecule has 1 saturated heterocycles. The summed E-state index contributed by atoms with van der Waals surface area (Å²) < 4.78 is 83.6. The molecule has 12 nitrogen and oxygen atoms in total. The Kier molecular flexibility index (Phi) is 8.73. The van der Waals surface area contributed by atoms with E-state index in [1.807, 2.05) is 13.8 Å². The molecule has 246 valence electrons. The Labute approximate surface area is 261 Å². The van der Waals surface area contributed by atoms with Crippen molar-refractivity contribution < 1.29 is 36.2 Å². The number of benzene rings is 1. The number of nitrogens with zero attached hydrogens (tertiary/aromatic N) is 8. The van der Waals surface area contributed by atoms with Crippen molar-refractivity contribution in [2.45, 2.75) is 50.9 Å². The van der Waals surface area contributed by atoms with Crippen LogP contribution in [-0.2, 0) is 19.3 Å². The lowest BCUT2D eigenvalue weighted by Crippen LogP contribution is -2.58. The molecule has 1 unspecified atom stereocenters. The first kappa shape index (κ1) is 33.1. The summed E-state index contributed by atoms with van der Waals surface area (Å²) in [6, 6.07) is 7.42. The van der Waals surface area contributed by atoms with E-state index in [0.29, 0.717) is 25.5 Å². The summed E-state index contributed by atoms with van der Waals surface area (Å²) in [5, 5.41) is 21.5. The maximum atomic E-state index is 14.0. The number of carbonyl (C=O) groups excluding carboxylic acids is 1. The number of rotatable bonds is 7. The predicted octanol–water partition coefficient (Wildman–Crippen LogP) is 3.16. The maximum absolute atomic E-state index is 14.0. The summed E-state index contributed by atoms with van der Waals surface area (Å²) in [6.07, 6.45) is -11.8. The highest BCUT2D eigenvalue weighted by atomic mass is 35.5. The van der Waals surface area contributed by atoms with Gasteiger partial charge in [-0.1, -0.05) is 11.6 Å². The molecule has 0 radical (unpaired) electrons. The SMILES string of the molecule is CC1(C)CN(C(=O)c2nc(Cn3nc(-c4ccc(Cl)cc4)n(CC(O)C(F)(F)F)c3=O)nn2-c2ncccc2C(F)(F)F)CCN1. The second-order valence-electron chi connectivity index (χ2n) is 11.1. The normalized spacial score (nSPS) is 16.1. The zero-order valence-electron chi connectivity index (χ0n) is 24.1. The number of amides is 1. The molecule has 4 heterocycles. The van der Waals surface area contributed by atoms with Crippen LogP contribution in [-0.4, -0.2) is 87.5 Å². The number of piperazine rings is 1. The van der Waals surface area contributed by atoms with Crippen molar-refractivity contribution in [2.75, 3.05) is 19.6 Å². The van der Waals surface area contributed by atoms with Crippen molar-refractivity contribution in [3.8, 4) is 17.2 Å². The van der Waals surface area contributed by atoms with Crippen molar-refractivity contribution in [2.24, 2.45) is 0 Å². The van der Waals surface area contributed by atoms with Gasteiger partial charge in [0, 0.05) is 42.0 Å². The predicted molar refractivity (Wildman–Crippen MR) is 150 cm³/mol. The molecule has 4 aromatic rings. The molecule has 0 aliphatic carbocycles. The minimum Gasteiger partial charge on any atom is -0.382 e. The van der Waals surface area contributed by atoms with Gasteiger partial charge in [0.1, 0.15) is 12.1 Å². The van der Waals surface area contributed by atoms with E-state index in [9.17, 15) is 41.0 Å². The van der Waals surface area contributed by atoms with Crippen LogP contribution in [0.2, 0.25) is 5.02 Å². The van der Waals surface area contributed by atoms with Gasteiger partial charge in [0.2, 0.25) is 5.82 Å². The molecule has 0 spiro atoms. The quantitative estimate of drug-likeness (QED) is 0.286. The highest BCUT2D eigenvalue weighted by Crippen LogP contribution is 2.33. The summed E-state index contributed by atoms with van der Waals surface area (Å²) in [5.41, 5.74) is -2.68. The molecule has 46 heavy (non-hydrogen) atoms. The number of aliphatic hydroxyl groups is 1. The van der Waals surface area contributed by atoms with Gasteiger partial charge in [0.15, 0.2) is 23.6 Å². The first-order valence-corrected chi connectivity index (χ1v) is 14.0. The number of alkyl halides is 6. The molecule has 0 bridgehead atoms. The molecule has 1 aromatic carbocycles. The Bertz CT molecular complexity index is 1800. The van der Waals surface area contributed by atoms with E-state index in [-0.39, 0.29) is 30.3 Å². The van der Waals surface area contributed by atoms with E-state index in [0.717, 1.165) is 18.3 Å². The van der Waals surface area contributed by atoms with Crippen molar-refractivity contribution >= 4 is 17.5 Å². The molecule has 0 saturated carbocycles. The van der Waals surface area contributed by atoms with Crippen LogP contribution < -0.4 is 11.0 Å². The highest BCUT2D eigenvalue weighted by Gasteiger charge is 2.40. The minimum absolute atomic E-state index is 0.175. The fraction of sp³-hybridized carbons (Fsp3) is 0.407. The summed E-state index contributed by atoms with van der Waals surface area (Å²) >= 11 is 5.92. The summed E-state index contributed by atoms with van der Waals surface area (Å²) in [6.45, 7) is 2.56. The van der Waals surface area contributed by atoms with Crippen LogP contribution in [0.3, 0.4) is 0 Å². The van der Waals surface area contributed by atoms with Crippen molar-refractivity contribution in [1.29, 1.82) is 0 Å². The first-order chi connectivity index (χ1) is 21.4. The van der Waals surface area contributed by atoms with Gasteiger partial charge in [-0.05, 0) is 50.2 Å². The lowest BCUT2D eigenvalue weighted by molar-refractivity contribution is -0.207. The van der Waals surface area contributed by atoms with Crippen LogP contribution >= 0.6 is 11.6 Å². The van der Waals surface area contributed by atoms with Crippen LogP contribution in [0.5, 0.6) is 0 Å². The highest BCUT2D eigenvalue weighted by molar-refractivity contribution is 6.30. The molecule has 2 N–H and O–H groups in total. The van der Waals surface area contributed by atoms with E-state index < -0.39 is 65.9 Å². The van der Waals surface area contributed by atoms with Gasteiger partial charge < -0.3 is 15.3 Å². The molecule has 5 rings (SSSR count). The van der Waals surface area contributed by atoms with Crippen molar-refractivity contribution in [1.82, 2.24) is 44.3 Å². The number of halogens is 7. The van der Waals surface area contributed by atoms with Gasteiger partial charge in [-0.15, -0.1) is 10.2 Å². The smallest absolute Gasteiger partial charge is 0.382 e. The molecule has 1 aliphatic heterocycles. The second-order valence-corrected chi connectivity index (χ2v) is 11.5. The Morgan fingerprint density at radius 3 is 2.43 bits per heavy atom. The topological polar surface area (TPSA) is 136 Å². The van der Waals surface area contributed by atoms with Crippen molar-refractivity contribution in [3.63, 3.8) is 0 Å². The number of hydrogen-bond donors (Lipinski definition) is 2. The number of aliphatic hydroxyl groups excluding tert-OH is 1. The molecule has 1 aliphatic rings. The standard InChI is InChI=1S/C27H26ClF6N9O3/c1-25(2)14-40(11-10-36-25)23(45)22-37-19(38-43(22)21-17(26(29,30)31)4-3-9-35-21)13-42-24(46)41(12-18(44)27(32,33)34)20(39-42)15-5-7-16(28)8-6-15/h3-9,18,36,44H,10-14H2,1-2H3. The van der Waals surface area contributed by atoms with E-state index in [4.69, 9.17) is 11.6 Å². The largest absolute Gasteiger partial charge is 0.420 e. The first-order valence-electron chi connectivity index (χ1n) is 13.7. The van der Waals surface area contributed by atoms with Gasteiger partial charge in [-0.25, -0.2) is 19.4 Å². The molecule has 3 aromatic heterocycles. The number of pyridine rings is 1. The Hall–Kier alpha value is -4.29. The zero-order chi connectivity index (χ0) is 33.6. The van der Waals surface area contributed by atoms with Crippen LogP contribution in [0.25, 0.3) is 17.2 Å². The maximum Gasteiger partial charge on any atom is 0.420 e. The van der Waals surface area contributed by atoms with Crippen molar-refractivity contribution in [3.05, 3.63) is 75.3 Å². The third-order valence-corrected chi connectivity index (χ3v) is 7.30. The average Bonchev–Trinajstić information content (AvgIpc) is 3.53. The van der Waals surface area contributed by atoms with E-state index in [1.165, 1.54) is 29.2 Å². The molecule has 1 amide bonds. The van der Waals surface area contributed by atoms with Gasteiger partial charge in [-0.3, -0.25) is 9.36 Å². The third kappa shape index (κ3) is 6.92. The lowest BCUT2D eigenvalue weighted by Gasteiger charge is -2.38. The Balaban J connectivity index is 1.61. The van der Waals surface area contributed by atoms with E-state index in [2.05, 4.69) is 25.5 Å². The van der Waals surface area contributed by atoms with Crippen LogP contribution in [0.1, 0.15) is 35.9 Å². The average molecular weight is 674 g/mol. The van der Waals surface area contributed by atoms with Crippen LogP contribution in [0.4, 0.5) is 26.3 Å². The Morgan fingerprint density at radius 2 is 1.80 bits per heavy atom. The molecular formula is C27H26ClF6N9O3. The molecule has 1 atom stereocenters. The van der Waals surface area contributed by atoms with E-state index >= 15 is 0 Å². The second kappa shape index (κ2) is 12.1. The molecule has 1 fully saturated rings. The van der Waals surface area contributed by atoms with Crippen LogP contribution in [0.15, 0.2) is 47.4 Å². The number of nitrogens with one attached hydrogen (secondary N) is 1. The van der Waals surface area contributed by atoms with Gasteiger partial charge in [-0.2, -0.15) is 31.0 Å². The summed E-state index contributed by atoms with van der Waals surface area (Å²) in [5.74, 6) is -2.68. The van der Waals surface area contributed by atoms with E-state index in [1.54, 1.807) is 0 Å². The van der Waals surface area contributed by atoms with Gasteiger partial charge in [0.25, 0.3) is 5.91 Å².